The van der Waals surface area contributed by atoms with Gasteiger partial charge in [0.25, 0.3) is 0 Å². The van der Waals surface area contributed by atoms with Gasteiger partial charge in [0.15, 0.2) is 5.96 Å². The highest BCUT2D eigenvalue weighted by Gasteiger charge is 2.18. The lowest BCUT2D eigenvalue weighted by Crippen LogP contribution is -2.43. The highest BCUT2D eigenvalue weighted by Crippen LogP contribution is 2.16. The SMILES string of the molecule is CN=C(NCc1ccc(N2CCOC(C)C2)nc1)NC(C)Cc1c(C)nn(C)c1C. The van der Waals surface area contributed by atoms with Gasteiger partial charge >= 0.3 is 0 Å². The first kappa shape index (κ1) is 22.1. The van der Waals surface area contributed by atoms with E-state index in [4.69, 9.17) is 4.74 Å². The number of ether oxygens (including phenoxy) is 1. The van der Waals surface area contributed by atoms with Gasteiger partial charge in [0.05, 0.1) is 18.4 Å². The Hall–Kier alpha value is -2.61. The van der Waals surface area contributed by atoms with Gasteiger partial charge in [0.2, 0.25) is 0 Å². The minimum absolute atomic E-state index is 0.238. The van der Waals surface area contributed by atoms with Crippen molar-refractivity contribution in [3.05, 3.63) is 40.8 Å². The van der Waals surface area contributed by atoms with Crippen molar-refractivity contribution < 1.29 is 4.74 Å². The molecule has 8 heteroatoms. The number of guanidine groups is 1. The first-order chi connectivity index (χ1) is 14.4. The number of pyridine rings is 1. The number of hydrogen-bond donors (Lipinski definition) is 2. The summed E-state index contributed by atoms with van der Waals surface area (Å²) in [6.45, 7) is 11.6. The molecule has 2 N–H and O–H groups in total. The lowest BCUT2D eigenvalue weighted by molar-refractivity contribution is 0.0529. The number of nitrogens with one attached hydrogen (secondary N) is 2. The summed E-state index contributed by atoms with van der Waals surface area (Å²) in [4.78, 5) is 11.3. The van der Waals surface area contributed by atoms with Crippen molar-refractivity contribution in [1.29, 1.82) is 0 Å². The Bertz CT molecular complexity index is 859. The van der Waals surface area contributed by atoms with E-state index in [0.717, 1.165) is 49.2 Å². The Labute approximate surface area is 179 Å². The summed E-state index contributed by atoms with van der Waals surface area (Å²) in [5, 5.41) is 11.4. The zero-order valence-corrected chi connectivity index (χ0v) is 19.1. The second-order valence-electron chi connectivity index (χ2n) is 8.10. The number of anilines is 1. The molecule has 2 unspecified atom stereocenters. The van der Waals surface area contributed by atoms with Crippen molar-refractivity contribution in [1.82, 2.24) is 25.4 Å². The van der Waals surface area contributed by atoms with E-state index in [9.17, 15) is 0 Å². The van der Waals surface area contributed by atoms with Crippen LogP contribution in [0, 0.1) is 13.8 Å². The van der Waals surface area contributed by atoms with Crippen molar-refractivity contribution in [3.63, 3.8) is 0 Å². The number of aliphatic imine (C=N–C) groups is 1. The molecule has 2 aromatic heterocycles. The molecule has 0 bridgehead atoms. The molecule has 3 heterocycles. The average molecular weight is 414 g/mol. The molecule has 0 saturated carbocycles. The summed E-state index contributed by atoms with van der Waals surface area (Å²) in [5.74, 6) is 1.79. The Morgan fingerprint density at radius 3 is 2.77 bits per heavy atom. The summed E-state index contributed by atoms with van der Waals surface area (Å²) in [5.41, 5.74) is 4.72. The molecule has 0 radical (unpaired) electrons. The summed E-state index contributed by atoms with van der Waals surface area (Å²) in [6, 6.07) is 4.44. The molecule has 2 aromatic rings. The molecule has 8 nitrogen and oxygen atoms in total. The molecule has 1 aliphatic rings. The van der Waals surface area contributed by atoms with E-state index in [1.165, 1.54) is 11.3 Å². The van der Waals surface area contributed by atoms with E-state index in [2.05, 4.69) is 70.4 Å². The molecule has 1 aliphatic heterocycles. The maximum Gasteiger partial charge on any atom is 0.191 e. The van der Waals surface area contributed by atoms with Crippen molar-refractivity contribution in [3.8, 4) is 0 Å². The fraction of sp³-hybridized carbons (Fsp3) is 0.591. The topological polar surface area (TPSA) is 79.6 Å². The molecule has 1 fully saturated rings. The molecule has 30 heavy (non-hydrogen) atoms. The van der Waals surface area contributed by atoms with E-state index < -0.39 is 0 Å². The van der Waals surface area contributed by atoms with E-state index in [1.54, 1.807) is 7.05 Å². The Morgan fingerprint density at radius 2 is 2.17 bits per heavy atom. The zero-order chi connectivity index (χ0) is 21.7. The highest BCUT2D eigenvalue weighted by molar-refractivity contribution is 5.79. The zero-order valence-electron chi connectivity index (χ0n) is 19.1. The van der Waals surface area contributed by atoms with Crippen molar-refractivity contribution in [2.24, 2.45) is 12.0 Å². The van der Waals surface area contributed by atoms with Crippen LogP contribution in [0.15, 0.2) is 23.3 Å². The van der Waals surface area contributed by atoms with Gasteiger partial charge in [-0.25, -0.2) is 4.98 Å². The summed E-state index contributed by atoms with van der Waals surface area (Å²) in [7, 11) is 3.78. The highest BCUT2D eigenvalue weighted by atomic mass is 16.5. The molecule has 1 saturated heterocycles. The third-order valence-corrected chi connectivity index (χ3v) is 5.61. The van der Waals surface area contributed by atoms with E-state index in [1.807, 2.05) is 17.9 Å². The van der Waals surface area contributed by atoms with Gasteiger partial charge in [0.1, 0.15) is 5.82 Å². The Morgan fingerprint density at radius 1 is 1.37 bits per heavy atom. The molecule has 0 aliphatic carbocycles. The second-order valence-corrected chi connectivity index (χ2v) is 8.10. The van der Waals surface area contributed by atoms with Crippen LogP contribution in [0.4, 0.5) is 5.82 Å². The predicted molar refractivity (Wildman–Crippen MR) is 121 cm³/mol. The van der Waals surface area contributed by atoms with Gasteiger partial charge in [-0.1, -0.05) is 6.07 Å². The largest absolute Gasteiger partial charge is 0.375 e. The number of aryl methyl sites for hydroxylation is 2. The average Bonchev–Trinajstić information content (AvgIpc) is 2.97. The Kier molecular flexibility index (Phi) is 7.31. The van der Waals surface area contributed by atoms with Crippen LogP contribution < -0.4 is 15.5 Å². The van der Waals surface area contributed by atoms with Gasteiger partial charge in [-0.15, -0.1) is 0 Å². The van der Waals surface area contributed by atoms with Gasteiger partial charge in [-0.3, -0.25) is 9.67 Å². The smallest absolute Gasteiger partial charge is 0.191 e. The van der Waals surface area contributed by atoms with Crippen LogP contribution in [-0.2, 0) is 24.8 Å². The minimum atomic E-state index is 0.238. The van der Waals surface area contributed by atoms with Crippen LogP contribution in [-0.4, -0.2) is 59.6 Å². The maximum atomic E-state index is 5.61. The fourth-order valence-corrected chi connectivity index (χ4v) is 3.82. The van der Waals surface area contributed by atoms with Crippen molar-refractivity contribution >= 4 is 11.8 Å². The van der Waals surface area contributed by atoms with E-state index in [-0.39, 0.29) is 12.1 Å². The van der Waals surface area contributed by atoms with Crippen LogP contribution in [0.3, 0.4) is 0 Å². The first-order valence-corrected chi connectivity index (χ1v) is 10.6. The van der Waals surface area contributed by atoms with Crippen LogP contribution in [0.1, 0.15) is 36.4 Å². The third-order valence-electron chi connectivity index (χ3n) is 5.61. The quantitative estimate of drug-likeness (QED) is 0.557. The normalized spacial score (nSPS) is 18.4. The number of aromatic nitrogens is 3. The monoisotopic (exact) mass is 413 g/mol. The second kappa shape index (κ2) is 9.93. The summed E-state index contributed by atoms with van der Waals surface area (Å²) < 4.78 is 7.55. The molecule has 3 rings (SSSR count). The number of rotatable bonds is 6. The van der Waals surface area contributed by atoms with Gasteiger partial charge in [0, 0.05) is 51.7 Å². The van der Waals surface area contributed by atoms with E-state index >= 15 is 0 Å². The van der Waals surface area contributed by atoms with Crippen LogP contribution in [0.25, 0.3) is 0 Å². The van der Waals surface area contributed by atoms with Crippen LogP contribution in [0.2, 0.25) is 0 Å². The van der Waals surface area contributed by atoms with Gasteiger partial charge in [-0.2, -0.15) is 5.10 Å². The molecule has 2 atom stereocenters. The lowest BCUT2D eigenvalue weighted by atomic mass is 10.1. The van der Waals surface area contributed by atoms with E-state index in [0.29, 0.717) is 6.54 Å². The first-order valence-electron chi connectivity index (χ1n) is 10.6. The Balaban J connectivity index is 1.51. The molecule has 164 valence electrons. The number of nitrogens with zero attached hydrogens (tertiary/aromatic N) is 5. The maximum absolute atomic E-state index is 5.61. The number of hydrogen-bond acceptors (Lipinski definition) is 5. The summed E-state index contributed by atoms with van der Waals surface area (Å²) >= 11 is 0. The molecular formula is C22H35N7O. The lowest BCUT2D eigenvalue weighted by Gasteiger charge is -2.32. The number of morpholine rings is 1. The third kappa shape index (κ3) is 5.50. The van der Waals surface area contributed by atoms with Crippen LogP contribution in [0.5, 0.6) is 0 Å². The van der Waals surface area contributed by atoms with Gasteiger partial charge in [-0.05, 0) is 51.3 Å². The molecular weight excluding hydrogens is 378 g/mol. The molecule has 0 spiro atoms. The minimum Gasteiger partial charge on any atom is -0.375 e. The molecule has 0 amide bonds. The van der Waals surface area contributed by atoms with Crippen molar-refractivity contribution in [2.45, 2.75) is 52.8 Å². The standard InChI is InChI=1S/C22H35N7O/c1-15(11-20-17(3)27-28(6)18(20)4)26-22(23-5)25-13-19-7-8-21(24-12-19)29-9-10-30-16(2)14-29/h7-8,12,15-16H,9-11,13-14H2,1-6H3,(H2,23,25,26). The summed E-state index contributed by atoms with van der Waals surface area (Å²) in [6.07, 6.45) is 3.08. The molecule has 0 aromatic carbocycles. The predicted octanol–water partition coefficient (Wildman–Crippen LogP) is 1.95. The van der Waals surface area contributed by atoms with Crippen molar-refractivity contribution in [2.75, 3.05) is 31.6 Å². The van der Waals surface area contributed by atoms with Crippen LogP contribution >= 0.6 is 0 Å². The van der Waals surface area contributed by atoms with Gasteiger partial charge < -0.3 is 20.3 Å². The fourth-order valence-electron chi connectivity index (χ4n) is 3.82.